The number of hydrogen-bond acceptors (Lipinski definition) is 4. The molecule has 138 valence electrons. The highest BCUT2D eigenvalue weighted by atomic mass is 32.1. The zero-order chi connectivity index (χ0) is 18.3. The number of thiol groups is 1. The second-order valence-corrected chi connectivity index (χ2v) is 4.90. The summed E-state index contributed by atoms with van der Waals surface area (Å²) >= 11 is 3.87. The summed E-state index contributed by atoms with van der Waals surface area (Å²) in [5.41, 5.74) is 1.13. The summed E-state index contributed by atoms with van der Waals surface area (Å²) in [7, 11) is 0. The minimum Gasteiger partial charge on any atom is -0.300 e. The third-order valence-electron chi connectivity index (χ3n) is 2.59. The average molecular weight is 345 g/mol. The Labute approximate surface area is 150 Å². The van der Waals surface area contributed by atoms with Crippen molar-refractivity contribution in [1.82, 2.24) is 15.0 Å². The van der Waals surface area contributed by atoms with Gasteiger partial charge in [-0.2, -0.15) is 12.6 Å². The summed E-state index contributed by atoms with van der Waals surface area (Å²) in [6.07, 6.45) is 9.43. The third kappa shape index (κ3) is 21.2. The molecule has 0 aliphatic heterocycles. The van der Waals surface area contributed by atoms with Crippen molar-refractivity contribution in [3.63, 3.8) is 0 Å². The molecule has 0 unspecified atom stereocenters. The van der Waals surface area contributed by atoms with Gasteiger partial charge in [-0.05, 0) is 19.6 Å². The van der Waals surface area contributed by atoms with Gasteiger partial charge in [0, 0.05) is 25.0 Å². The zero-order valence-corrected chi connectivity index (χ0v) is 17.3. The largest absolute Gasteiger partial charge is 0.300 e. The molecule has 1 rings (SSSR count). The van der Waals surface area contributed by atoms with Gasteiger partial charge in [0.1, 0.15) is 0 Å². The third-order valence-corrected chi connectivity index (χ3v) is 2.79. The SMILES string of the molecule is C=NCCS.CC.CC.CCCCCCn1cc(CCC)nn1. The average Bonchev–Trinajstić information content (AvgIpc) is 3.05. The number of aromatic nitrogens is 3. The summed E-state index contributed by atoms with van der Waals surface area (Å²) in [5, 5.41) is 8.22. The second-order valence-electron chi connectivity index (χ2n) is 4.45. The fraction of sp³-hybridized carbons (Fsp3) is 0.833. The number of unbranched alkanes of at least 4 members (excludes halogenated alkanes) is 3. The van der Waals surface area contributed by atoms with Crippen LogP contribution in [0.3, 0.4) is 0 Å². The van der Waals surface area contributed by atoms with Crippen LogP contribution in [0.15, 0.2) is 11.2 Å². The highest BCUT2D eigenvalue weighted by molar-refractivity contribution is 7.80. The smallest absolute Gasteiger partial charge is 0.0827 e. The molecule has 0 radical (unpaired) electrons. The van der Waals surface area contributed by atoms with Crippen LogP contribution < -0.4 is 0 Å². The lowest BCUT2D eigenvalue weighted by atomic mass is 10.2. The quantitative estimate of drug-likeness (QED) is 0.366. The molecule has 0 aliphatic rings. The van der Waals surface area contributed by atoms with E-state index in [4.69, 9.17) is 0 Å². The molecule has 0 amide bonds. The first-order valence-electron chi connectivity index (χ1n) is 9.20. The van der Waals surface area contributed by atoms with Gasteiger partial charge in [0.25, 0.3) is 0 Å². The molecule has 0 fully saturated rings. The van der Waals surface area contributed by atoms with E-state index >= 15 is 0 Å². The molecular weight excluding hydrogens is 304 g/mol. The molecule has 0 N–H and O–H groups in total. The predicted octanol–water partition coefficient (Wildman–Crippen LogP) is 5.48. The lowest BCUT2D eigenvalue weighted by molar-refractivity contribution is 0.527. The Kier molecular flexibility index (Phi) is 30.6. The first-order chi connectivity index (χ1) is 11.3. The van der Waals surface area contributed by atoms with Gasteiger partial charge in [0.2, 0.25) is 0 Å². The van der Waals surface area contributed by atoms with Crippen molar-refractivity contribution in [3.8, 4) is 0 Å². The molecule has 0 saturated carbocycles. The van der Waals surface area contributed by atoms with Gasteiger partial charge in [0.05, 0.1) is 5.69 Å². The van der Waals surface area contributed by atoms with Crippen LogP contribution in [0.2, 0.25) is 0 Å². The van der Waals surface area contributed by atoms with Gasteiger partial charge < -0.3 is 4.99 Å². The summed E-state index contributed by atoms with van der Waals surface area (Å²) in [6.45, 7) is 17.4. The van der Waals surface area contributed by atoms with Gasteiger partial charge >= 0.3 is 0 Å². The molecular formula is C18H40N4S. The normalized spacial score (nSPS) is 8.65. The summed E-state index contributed by atoms with van der Waals surface area (Å²) in [5.74, 6) is 0.809. The predicted molar refractivity (Wildman–Crippen MR) is 109 cm³/mol. The Morgan fingerprint density at radius 2 is 1.74 bits per heavy atom. The van der Waals surface area contributed by atoms with E-state index in [0.29, 0.717) is 0 Å². The molecule has 5 heteroatoms. The Balaban J connectivity index is -0.000000375. The summed E-state index contributed by atoms with van der Waals surface area (Å²) in [6, 6.07) is 0. The molecule has 0 spiro atoms. The molecule has 0 atom stereocenters. The van der Waals surface area contributed by atoms with Crippen molar-refractivity contribution in [2.24, 2.45) is 4.99 Å². The second kappa shape index (κ2) is 26.1. The van der Waals surface area contributed by atoms with Crippen molar-refractivity contribution in [2.45, 2.75) is 86.6 Å². The van der Waals surface area contributed by atoms with Crippen molar-refractivity contribution < 1.29 is 0 Å². The van der Waals surface area contributed by atoms with Crippen LogP contribution in [-0.2, 0) is 13.0 Å². The molecule has 1 heterocycles. The fourth-order valence-electron chi connectivity index (χ4n) is 1.59. The maximum absolute atomic E-state index is 4.12. The Hall–Kier alpha value is -0.840. The van der Waals surface area contributed by atoms with Crippen LogP contribution in [0.5, 0.6) is 0 Å². The zero-order valence-electron chi connectivity index (χ0n) is 16.4. The Bertz CT molecular complexity index is 314. The van der Waals surface area contributed by atoms with Crippen molar-refractivity contribution in [2.75, 3.05) is 12.3 Å². The van der Waals surface area contributed by atoms with Crippen molar-refractivity contribution >= 4 is 19.3 Å². The highest BCUT2D eigenvalue weighted by Crippen LogP contribution is 2.02. The summed E-state index contributed by atoms with van der Waals surface area (Å²) < 4.78 is 1.97. The first kappa shape index (κ1) is 27.0. The van der Waals surface area contributed by atoms with Crippen LogP contribution in [0.4, 0.5) is 0 Å². The molecule has 0 aromatic carbocycles. The molecule has 0 bridgehead atoms. The number of hydrogen-bond donors (Lipinski definition) is 1. The van der Waals surface area contributed by atoms with Crippen LogP contribution in [0.25, 0.3) is 0 Å². The molecule has 0 aliphatic carbocycles. The van der Waals surface area contributed by atoms with Crippen LogP contribution in [0.1, 0.15) is 79.3 Å². The van der Waals surface area contributed by atoms with Crippen LogP contribution in [-0.4, -0.2) is 34.0 Å². The number of aryl methyl sites for hydroxylation is 2. The van der Waals surface area contributed by atoms with Gasteiger partial charge in [-0.1, -0.05) is 72.4 Å². The molecule has 4 nitrogen and oxygen atoms in total. The summed E-state index contributed by atoms with van der Waals surface area (Å²) in [4.78, 5) is 3.53. The van der Waals surface area contributed by atoms with Crippen molar-refractivity contribution in [1.29, 1.82) is 0 Å². The van der Waals surface area contributed by atoms with E-state index in [-0.39, 0.29) is 0 Å². The van der Waals surface area contributed by atoms with Gasteiger partial charge in [-0.3, -0.25) is 4.68 Å². The number of aliphatic imine (C=N–C) groups is 1. The van der Waals surface area contributed by atoms with E-state index < -0.39 is 0 Å². The molecule has 0 saturated heterocycles. The minimum absolute atomic E-state index is 0.767. The number of rotatable bonds is 9. The lowest BCUT2D eigenvalue weighted by Gasteiger charge is -1.98. The van der Waals surface area contributed by atoms with Gasteiger partial charge in [-0.25, -0.2) is 0 Å². The fourth-order valence-corrected chi connectivity index (χ4v) is 1.73. The van der Waals surface area contributed by atoms with E-state index in [2.05, 4.69) is 54.7 Å². The maximum Gasteiger partial charge on any atom is 0.0827 e. The number of nitrogens with zero attached hydrogens (tertiary/aromatic N) is 4. The molecule has 23 heavy (non-hydrogen) atoms. The van der Waals surface area contributed by atoms with E-state index in [9.17, 15) is 0 Å². The monoisotopic (exact) mass is 344 g/mol. The minimum atomic E-state index is 0.767. The van der Waals surface area contributed by atoms with Gasteiger partial charge in [-0.15, -0.1) is 5.10 Å². The molecule has 1 aromatic heterocycles. The van der Waals surface area contributed by atoms with Crippen molar-refractivity contribution in [3.05, 3.63) is 11.9 Å². The Morgan fingerprint density at radius 1 is 1.09 bits per heavy atom. The lowest BCUT2D eigenvalue weighted by Crippen LogP contribution is -1.98. The Morgan fingerprint density at radius 3 is 2.17 bits per heavy atom. The topological polar surface area (TPSA) is 43.1 Å². The van der Waals surface area contributed by atoms with E-state index in [1.807, 2.05) is 32.4 Å². The highest BCUT2D eigenvalue weighted by Gasteiger charge is 1.98. The van der Waals surface area contributed by atoms with E-state index in [0.717, 1.165) is 37.4 Å². The van der Waals surface area contributed by atoms with Crippen LogP contribution >= 0.6 is 12.6 Å². The van der Waals surface area contributed by atoms with Crippen LogP contribution in [0, 0.1) is 0 Å². The maximum atomic E-state index is 4.12. The van der Waals surface area contributed by atoms with E-state index in [1.165, 1.54) is 25.7 Å². The van der Waals surface area contributed by atoms with E-state index in [1.54, 1.807) is 0 Å². The van der Waals surface area contributed by atoms with Gasteiger partial charge in [0.15, 0.2) is 0 Å². The molecule has 1 aromatic rings. The first-order valence-corrected chi connectivity index (χ1v) is 9.84. The standard InChI is InChI=1S/C11H21N3.C3H7NS.2C2H6/c1-3-5-6-7-9-14-10-11(8-4-2)12-13-14;1-4-2-3-5;2*1-2/h10H,3-9H2,1-2H3;5H,1-3H2;2*1-2H3.